The van der Waals surface area contributed by atoms with Crippen LogP contribution in [0.4, 0.5) is 5.82 Å². The van der Waals surface area contributed by atoms with Crippen LogP contribution in [-0.2, 0) is 11.8 Å². The number of aliphatic hydroxyl groups excluding tert-OH is 1. The van der Waals surface area contributed by atoms with Gasteiger partial charge in [-0.1, -0.05) is 6.07 Å². The summed E-state index contributed by atoms with van der Waals surface area (Å²) in [6.45, 7) is 6.93. The molecule has 1 N–H and O–H groups in total. The van der Waals surface area contributed by atoms with Crippen molar-refractivity contribution < 1.29 is 9.84 Å². The Morgan fingerprint density at radius 1 is 1.22 bits per heavy atom. The fourth-order valence-electron chi connectivity index (χ4n) is 3.57. The summed E-state index contributed by atoms with van der Waals surface area (Å²) < 4.78 is 7.63. The topological polar surface area (TPSA) is 89.2 Å². The Kier molecular flexibility index (Phi) is 4.53. The van der Waals surface area contributed by atoms with Crippen LogP contribution in [0.25, 0.3) is 22.6 Å². The van der Waals surface area contributed by atoms with Gasteiger partial charge in [0.15, 0.2) is 11.5 Å². The molecule has 8 nitrogen and oxygen atoms in total. The average Bonchev–Trinajstić information content (AvgIpc) is 3.14. The van der Waals surface area contributed by atoms with Gasteiger partial charge in [0.1, 0.15) is 17.6 Å². The quantitative estimate of drug-likeness (QED) is 0.750. The van der Waals surface area contributed by atoms with Crippen molar-refractivity contribution in [2.24, 2.45) is 7.05 Å². The SMILES string of the molecule is Cc1nn(C)c2nc(-c3ccccn3)nc(N3C[C@H](OC(C)C)[C@@H](O)C3)c12. The van der Waals surface area contributed by atoms with E-state index < -0.39 is 6.10 Å². The van der Waals surface area contributed by atoms with Crippen LogP contribution in [0.2, 0.25) is 0 Å². The fraction of sp³-hybridized carbons (Fsp3) is 0.474. The molecule has 1 saturated heterocycles. The van der Waals surface area contributed by atoms with Crippen molar-refractivity contribution in [1.29, 1.82) is 0 Å². The van der Waals surface area contributed by atoms with Gasteiger partial charge in [-0.05, 0) is 32.9 Å². The first-order valence-corrected chi connectivity index (χ1v) is 9.15. The molecule has 0 aromatic carbocycles. The largest absolute Gasteiger partial charge is 0.388 e. The maximum atomic E-state index is 10.5. The molecule has 4 rings (SSSR count). The molecule has 1 aliphatic rings. The number of hydrogen-bond acceptors (Lipinski definition) is 7. The Morgan fingerprint density at radius 3 is 2.74 bits per heavy atom. The highest BCUT2D eigenvalue weighted by Gasteiger charge is 2.35. The second kappa shape index (κ2) is 6.86. The van der Waals surface area contributed by atoms with Crippen molar-refractivity contribution >= 4 is 16.9 Å². The zero-order valence-electron chi connectivity index (χ0n) is 16.0. The first-order valence-electron chi connectivity index (χ1n) is 9.15. The smallest absolute Gasteiger partial charge is 0.182 e. The predicted octanol–water partition coefficient (Wildman–Crippen LogP) is 1.71. The molecule has 0 amide bonds. The molecule has 8 heteroatoms. The molecule has 0 unspecified atom stereocenters. The number of aromatic nitrogens is 5. The van der Waals surface area contributed by atoms with Crippen LogP contribution in [-0.4, -0.2) is 61.2 Å². The molecule has 1 aliphatic heterocycles. The summed E-state index contributed by atoms with van der Waals surface area (Å²) in [5.41, 5.74) is 2.31. The van der Waals surface area contributed by atoms with E-state index in [4.69, 9.17) is 14.7 Å². The van der Waals surface area contributed by atoms with E-state index in [1.807, 2.05) is 46.0 Å². The van der Waals surface area contributed by atoms with E-state index in [0.717, 1.165) is 22.5 Å². The summed E-state index contributed by atoms with van der Waals surface area (Å²) in [7, 11) is 1.87. The first kappa shape index (κ1) is 17.8. The molecule has 0 bridgehead atoms. The number of aryl methyl sites for hydroxylation is 2. The standard InChI is InChI=1S/C19H24N6O2/c1-11(2)27-15-10-25(9-14(15)26)19-16-12(3)23-24(4)18(16)21-17(22-19)13-7-5-6-8-20-13/h5-8,11,14-15,26H,9-10H2,1-4H3/t14-,15-/m0/s1. The Labute approximate surface area is 157 Å². The van der Waals surface area contributed by atoms with Crippen LogP contribution in [0.1, 0.15) is 19.5 Å². The molecular weight excluding hydrogens is 344 g/mol. The third-order valence-corrected chi connectivity index (χ3v) is 4.72. The second-order valence-corrected chi connectivity index (χ2v) is 7.19. The Hall–Kier alpha value is -2.58. The third-order valence-electron chi connectivity index (χ3n) is 4.72. The van der Waals surface area contributed by atoms with Gasteiger partial charge in [-0.15, -0.1) is 0 Å². The van der Waals surface area contributed by atoms with E-state index >= 15 is 0 Å². The molecule has 3 aromatic rings. The van der Waals surface area contributed by atoms with Gasteiger partial charge in [-0.2, -0.15) is 5.10 Å². The zero-order chi connectivity index (χ0) is 19.1. The number of pyridine rings is 1. The zero-order valence-corrected chi connectivity index (χ0v) is 16.0. The fourth-order valence-corrected chi connectivity index (χ4v) is 3.57. The predicted molar refractivity (Wildman–Crippen MR) is 103 cm³/mol. The highest BCUT2D eigenvalue weighted by molar-refractivity contribution is 5.91. The number of aliphatic hydroxyl groups is 1. The van der Waals surface area contributed by atoms with E-state index in [9.17, 15) is 5.11 Å². The molecular formula is C19H24N6O2. The third kappa shape index (κ3) is 3.26. The highest BCUT2D eigenvalue weighted by atomic mass is 16.5. The van der Waals surface area contributed by atoms with Gasteiger partial charge in [-0.3, -0.25) is 9.67 Å². The number of fused-ring (bicyclic) bond motifs is 1. The molecule has 142 valence electrons. The molecule has 0 saturated carbocycles. The monoisotopic (exact) mass is 368 g/mol. The van der Waals surface area contributed by atoms with Gasteiger partial charge in [0.05, 0.1) is 23.3 Å². The number of rotatable bonds is 4. The van der Waals surface area contributed by atoms with Crippen LogP contribution in [0, 0.1) is 6.92 Å². The van der Waals surface area contributed by atoms with Crippen molar-refractivity contribution in [2.75, 3.05) is 18.0 Å². The van der Waals surface area contributed by atoms with Crippen LogP contribution in [0.5, 0.6) is 0 Å². The van der Waals surface area contributed by atoms with Crippen LogP contribution < -0.4 is 4.90 Å². The van der Waals surface area contributed by atoms with Crippen molar-refractivity contribution in [1.82, 2.24) is 24.7 Å². The van der Waals surface area contributed by atoms with E-state index in [0.29, 0.717) is 24.6 Å². The lowest BCUT2D eigenvalue weighted by Crippen LogP contribution is -2.29. The summed E-state index contributed by atoms with van der Waals surface area (Å²) in [5, 5.41) is 15.9. The van der Waals surface area contributed by atoms with E-state index in [1.54, 1.807) is 10.9 Å². The summed E-state index contributed by atoms with van der Waals surface area (Å²) in [5.74, 6) is 1.31. The van der Waals surface area contributed by atoms with Crippen molar-refractivity contribution in [3.8, 4) is 11.5 Å². The molecule has 3 aromatic heterocycles. The number of β-amino-alcohol motifs (C(OH)–C–C–N with tert-alkyl or cyclic N) is 1. The molecule has 0 aliphatic carbocycles. The summed E-state index contributed by atoms with van der Waals surface area (Å²) >= 11 is 0. The summed E-state index contributed by atoms with van der Waals surface area (Å²) in [4.78, 5) is 15.9. The van der Waals surface area contributed by atoms with E-state index in [-0.39, 0.29) is 12.2 Å². The van der Waals surface area contributed by atoms with Crippen LogP contribution in [0.3, 0.4) is 0 Å². The number of hydrogen-bond donors (Lipinski definition) is 1. The van der Waals surface area contributed by atoms with Crippen molar-refractivity contribution in [3.05, 3.63) is 30.1 Å². The van der Waals surface area contributed by atoms with Gasteiger partial charge < -0.3 is 14.7 Å². The number of anilines is 1. The number of ether oxygens (including phenoxy) is 1. The first-order chi connectivity index (χ1) is 12.9. The van der Waals surface area contributed by atoms with Crippen molar-refractivity contribution in [2.45, 2.75) is 39.1 Å². The summed E-state index contributed by atoms with van der Waals surface area (Å²) in [6, 6.07) is 5.66. The van der Waals surface area contributed by atoms with Gasteiger partial charge in [0, 0.05) is 26.3 Å². The van der Waals surface area contributed by atoms with Gasteiger partial charge >= 0.3 is 0 Å². The molecule has 0 spiro atoms. The van der Waals surface area contributed by atoms with Crippen molar-refractivity contribution in [3.63, 3.8) is 0 Å². The lowest BCUT2D eigenvalue weighted by Gasteiger charge is -2.20. The van der Waals surface area contributed by atoms with Gasteiger partial charge in [0.25, 0.3) is 0 Å². The second-order valence-electron chi connectivity index (χ2n) is 7.19. The Morgan fingerprint density at radius 2 is 2.04 bits per heavy atom. The number of nitrogens with zero attached hydrogens (tertiary/aromatic N) is 6. The normalized spacial score (nSPS) is 20.1. The Bertz CT molecular complexity index is 956. The summed E-state index contributed by atoms with van der Waals surface area (Å²) in [6.07, 6.45) is 0.973. The van der Waals surface area contributed by atoms with Crippen LogP contribution in [0.15, 0.2) is 24.4 Å². The van der Waals surface area contributed by atoms with Gasteiger partial charge in [0.2, 0.25) is 0 Å². The molecule has 2 atom stereocenters. The molecule has 27 heavy (non-hydrogen) atoms. The lowest BCUT2D eigenvalue weighted by atomic mass is 10.2. The Balaban J connectivity index is 1.82. The minimum Gasteiger partial charge on any atom is -0.388 e. The molecule has 4 heterocycles. The maximum Gasteiger partial charge on any atom is 0.182 e. The highest BCUT2D eigenvalue weighted by Crippen LogP contribution is 2.32. The average molecular weight is 368 g/mol. The van der Waals surface area contributed by atoms with E-state index in [1.165, 1.54) is 0 Å². The minimum absolute atomic E-state index is 0.0548. The van der Waals surface area contributed by atoms with Crippen LogP contribution >= 0.6 is 0 Å². The van der Waals surface area contributed by atoms with Gasteiger partial charge in [-0.25, -0.2) is 9.97 Å². The lowest BCUT2D eigenvalue weighted by molar-refractivity contribution is -0.0386. The molecule has 0 radical (unpaired) electrons. The van der Waals surface area contributed by atoms with E-state index in [2.05, 4.69) is 15.0 Å². The maximum absolute atomic E-state index is 10.5. The minimum atomic E-state index is -0.562. The molecule has 1 fully saturated rings.